The molecular weight excluding hydrogens is 202 g/mol. The molecule has 0 radical (unpaired) electrons. The number of carbonyl (C=O) groups is 2. The topological polar surface area (TPSA) is 37.4 Å². The van der Waals surface area contributed by atoms with Crippen LogP contribution in [0.1, 0.15) is 64.7 Å². The predicted octanol–water partition coefficient (Wildman–Crippen LogP) is 2.89. The zero-order valence-corrected chi connectivity index (χ0v) is 10.3. The molecule has 1 saturated heterocycles. The fourth-order valence-electron chi connectivity index (χ4n) is 2.08. The van der Waals surface area contributed by atoms with Gasteiger partial charge in [-0.25, -0.2) is 0 Å². The van der Waals surface area contributed by atoms with Crippen molar-refractivity contribution >= 4 is 11.8 Å². The number of rotatable bonds is 5. The van der Waals surface area contributed by atoms with E-state index in [0.29, 0.717) is 19.4 Å². The van der Waals surface area contributed by atoms with Gasteiger partial charge >= 0.3 is 0 Å². The molecule has 1 rings (SSSR count). The van der Waals surface area contributed by atoms with Gasteiger partial charge in [-0.1, -0.05) is 32.6 Å². The SMILES string of the molecule is CCCCCCC(=O)N1CCCCCC1=O. The Kier molecular flexibility index (Phi) is 6.12. The van der Waals surface area contributed by atoms with Crippen LogP contribution in [0.15, 0.2) is 0 Å². The van der Waals surface area contributed by atoms with Crippen LogP contribution in [0.4, 0.5) is 0 Å². The zero-order valence-electron chi connectivity index (χ0n) is 10.3. The first kappa shape index (κ1) is 13.2. The van der Waals surface area contributed by atoms with Crippen molar-refractivity contribution in [3.8, 4) is 0 Å². The quantitative estimate of drug-likeness (QED) is 0.675. The van der Waals surface area contributed by atoms with E-state index >= 15 is 0 Å². The Morgan fingerprint density at radius 2 is 2.00 bits per heavy atom. The van der Waals surface area contributed by atoms with E-state index in [-0.39, 0.29) is 11.8 Å². The number of imide groups is 1. The number of hydrogen-bond acceptors (Lipinski definition) is 2. The van der Waals surface area contributed by atoms with E-state index in [1.54, 1.807) is 0 Å². The Balaban J connectivity index is 2.30. The third kappa shape index (κ3) is 4.33. The molecule has 1 aliphatic rings. The number of carbonyl (C=O) groups excluding carboxylic acids is 2. The van der Waals surface area contributed by atoms with Crippen molar-refractivity contribution < 1.29 is 9.59 Å². The van der Waals surface area contributed by atoms with Crippen molar-refractivity contribution in [2.75, 3.05) is 6.54 Å². The lowest BCUT2D eigenvalue weighted by molar-refractivity contribution is -0.144. The maximum absolute atomic E-state index is 11.8. The minimum atomic E-state index is 0.0398. The Hall–Kier alpha value is -0.860. The van der Waals surface area contributed by atoms with Gasteiger partial charge in [-0.05, 0) is 19.3 Å². The summed E-state index contributed by atoms with van der Waals surface area (Å²) in [6.07, 6.45) is 8.49. The molecule has 3 heteroatoms. The van der Waals surface area contributed by atoms with Crippen LogP contribution >= 0.6 is 0 Å². The van der Waals surface area contributed by atoms with E-state index in [1.165, 1.54) is 17.7 Å². The number of unbranched alkanes of at least 4 members (excludes halogenated alkanes) is 3. The van der Waals surface area contributed by atoms with E-state index in [2.05, 4.69) is 6.92 Å². The van der Waals surface area contributed by atoms with Crippen LogP contribution in [-0.2, 0) is 9.59 Å². The van der Waals surface area contributed by atoms with E-state index in [1.807, 2.05) is 0 Å². The van der Waals surface area contributed by atoms with Crippen molar-refractivity contribution in [3.05, 3.63) is 0 Å². The maximum Gasteiger partial charge on any atom is 0.229 e. The molecule has 0 spiro atoms. The van der Waals surface area contributed by atoms with Crippen LogP contribution in [0.5, 0.6) is 0 Å². The minimum Gasteiger partial charge on any atom is -0.283 e. The Morgan fingerprint density at radius 1 is 1.19 bits per heavy atom. The summed E-state index contributed by atoms with van der Waals surface area (Å²) >= 11 is 0. The minimum absolute atomic E-state index is 0.0398. The van der Waals surface area contributed by atoms with Gasteiger partial charge in [0.2, 0.25) is 11.8 Å². The number of nitrogens with zero attached hydrogens (tertiary/aromatic N) is 1. The van der Waals surface area contributed by atoms with Crippen LogP contribution in [0.25, 0.3) is 0 Å². The number of hydrogen-bond donors (Lipinski definition) is 0. The monoisotopic (exact) mass is 225 g/mol. The van der Waals surface area contributed by atoms with Gasteiger partial charge in [0.1, 0.15) is 0 Å². The van der Waals surface area contributed by atoms with Crippen LogP contribution in [0, 0.1) is 0 Å². The standard InChI is InChI=1S/C13H23NO2/c1-2-3-4-6-9-12(15)14-11-8-5-7-10-13(14)16/h2-11H2,1H3. The second-order valence-electron chi connectivity index (χ2n) is 4.56. The third-order valence-electron chi connectivity index (χ3n) is 3.12. The molecule has 3 nitrogen and oxygen atoms in total. The summed E-state index contributed by atoms with van der Waals surface area (Å²) in [5.41, 5.74) is 0. The summed E-state index contributed by atoms with van der Waals surface area (Å²) in [7, 11) is 0. The molecule has 0 saturated carbocycles. The summed E-state index contributed by atoms with van der Waals surface area (Å²) in [5, 5.41) is 0. The molecule has 92 valence electrons. The molecule has 0 unspecified atom stereocenters. The van der Waals surface area contributed by atoms with Crippen molar-refractivity contribution in [2.24, 2.45) is 0 Å². The van der Waals surface area contributed by atoms with Crippen molar-refractivity contribution in [2.45, 2.75) is 64.7 Å². The molecule has 16 heavy (non-hydrogen) atoms. The van der Waals surface area contributed by atoms with Gasteiger partial charge in [0.15, 0.2) is 0 Å². The lowest BCUT2D eigenvalue weighted by atomic mass is 10.1. The molecule has 0 aromatic carbocycles. The van der Waals surface area contributed by atoms with Gasteiger partial charge < -0.3 is 0 Å². The van der Waals surface area contributed by atoms with Crippen molar-refractivity contribution in [1.29, 1.82) is 0 Å². The molecular formula is C13H23NO2. The lowest BCUT2D eigenvalue weighted by Crippen LogP contribution is -2.36. The fraction of sp³-hybridized carbons (Fsp3) is 0.846. The van der Waals surface area contributed by atoms with Crippen LogP contribution in [-0.4, -0.2) is 23.3 Å². The predicted molar refractivity (Wildman–Crippen MR) is 63.9 cm³/mol. The summed E-state index contributed by atoms with van der Waals surface area (Å²) in [6.45, 7) is 2.80. The molecule has 1 heterocycles. The molecule has 2 amide bonds. The largest absolute Gasteiger partial charge is 0.283 e. The van der Waals surface area contributed by atoms with Crippen molar-refractivity contribution in [3.63, 3.8) is 0 Å². The van der Waals surface area contributed by atoms with Gasteiger partial charge in [-0.3, -0.25) is 14.5 Å². The average molecular weight is 225 g/mol. The smallest absolute Gasteiger partial charge is 0.229 e. The fourth-order valence-corrected chi connectivity index (χ4v) is 2.08. The van der Waals surface area contributed by atoms with Crippen LogP contribution in [0.3, 0.4) is 0 Å². The second kappa shape index (κ2) is 7.42. The van der Waals surface area contributed by atoms with Crippen LogP contribution < -0.4 is 0 Å². The van der Waals surface area contributed by atoms with Gasteiger partial charge in [-0.2, -0.15) is 0 Å². The summed E-state index contributed by atoms with van der Waals surface area (Å²) in [6, 6.07) is 0. The van der Waals surface area contributed by atoms with Gasteiger partial charge in [0.25, 0.3) is 0 Å². The highest BCUT2D eigenvalue weighted by Crippen LogP contribution is 2.13. The number of amides is 2. The van der Waals surface area contributed by atoms with E-state index < -0.39 is 0 Å². The highest BCUT2D eigenvalue weighted by molar-refractivity contribution is 5.95. The lowest BCUT2D eigenvalue weighted by Gasteiger charge is -2.18. The van der Waals surface area contributed by atoms with Crippen molar-refractivity contribution in [1.82, 2.24) is 4.90 Å². The summed E-state index contributed by atoms with van der Waals surface area (Å²) in [5.74, 6) is 0.0843. The molecule has 1 fully saturated rings. The van der Waals surface area contributed by atoms with Gasteiger partial charge in [0.05, 0.1) is 0 Å². The summed E-state index contributed by atoms with van der Waals surface area (Å²) in [4.78, 5) is 25.0. The molecule has 0 aromatic rings. The normalized spacial score (nSPS) is 17.3. The molecule has 0 atom stereocenters. The van der Waals surface area contributed by atoms with Gasteiger partial charge in [-0.15, -0.1) is 0 Å². The first-order chi connectivity index (χ1) is 7.75. The Labute approximate surface area is 98.2 Å². The van der Waals surface area contributed by atoms with Crippen LogP contribution in [0.2, 0.25) is 0 Å². The molecule has 1 aliphatic heterocycles. The first-order valence-corrected chi connectivity index (χ1v) is 6.59. The highest BCUT2D eigenvalue weighted by Gasteiger charge is 2.22. The maximum atomic E-state index is 11.8. The molecule has 0 N–H and O–H groups in total. The second-order valence-corrected chi connectivity index (χ2v) is 4.56. The average Bonchev–Trinajstić information content (AvgIpc) is 2.49. The third-order valence-corrected chi connectivity index (χ3v) is 3.12. The Morgan fingerprint density at radius 3 is 2.75 bits per heavy atom. The van der Waals surface area contributed by atoms with E-state index in [0.717, 1.165) is 32.1 Å². The molecule has 0 bridgehead atoms. The number of likely N-dealkylation sites (tertiary alicyclic amines) is 1. The first-order valence-electron chi connectivity index (χ1n) is 6.59. The van der Waals surface area contributed by atoms with Gasteiger partial charge in [0, 0.05) is 19.4 Å². The zero-order chi connectivity index (χ0) is 11.8. The molecule has 0 aliphatic carbocycles. The van der Waals surface area contributed by atoms with E-state index in [4.69, 9.17) is 0 Å². The highest BCUT2D eigenvalue weighted by atomic mass is 16.2. The summed E-state index contributed by atoms with van der Waals surface area (Å²) < 4.78 is 0. The van der Waals surface area contributed by atoms with E-state index in [9.17, 15) is 9.59 Å². The molecule has 0 aromatic heterocycles. The Bertz CT molecular complexity index is 238.